The Kier molecular flexibility index (Phi) is 8.37. The number of nitrogens with zero attached hydrogens (tertiary/aromatic N) is 3. The summed E-state index contributed by atoms with van der Waals surface area (Å²) in [4.78, 5) is 12.7. The molecule has 7 nitrogen and oxygen atoms in total. The molecule has 114 valence electrons. The zero-order valence-electron chi connectivity index (χ0n) is 12.4. The van der Waals surface area contributed by atoms with E-state index >= 15 is 0 Å². The van der Waals surface area contributed by atoms with Gasteiger partial charge in [-0.25, -0.2) is 0 Å². The number of aliphatic hydroxyl groups excluding tert-OH is 1. The lowest BCUT2D eigenvalue weighted by Gasteiger charge is -2.10. The van der Waals surface area contributed by atoms with Crippen molar-refractivity contribution in [3.05, 3.63) is 0 Å². The first-order valence-corrected chi connectivity index (χ1v) is 7.27. The third kappa shape index (κ3) is 6.51. The van der Waals surface area contributed by atoms with E-state index < -0.39 is 0 Å². The highest BCUT2D eigenvalue weighted by Crippen LogP contribution is 2.11. The van der Waals surface area contributed by atoms with Crippen molar-refractivity contribution in [2.45, 2.75) is 39.5 Å². The Morgan fingerprint density at radius 3 is 2.25 bits per heavy atom. The Morgan fingerprint density at radius 2 is 1.65 bits per heavy atom. The quantitative estimate of drug-likeness (QED) is 0.532. The molecule has 0 saturated heterocycles. The van der Waals surface area contributed by atoms with Gasteiger partial charge in [0.15, 0.2) is 0 Å². The number of nitrogens with one attached hydrogen (secondary N) is 2. The van der Waals surface area contributed by atoms with Crippen LogP contribution in [0.5, 0.6) is 6.01 Å². The van der Waals surface area contributed by atoms with Gasteiger partial charge in [-0.2, -0.15) is 15.0 Å². The number of unbranched alkanes of at least 4 members (excludes halogenated alkanes) is 1. The molecule has 0 amide bonds. The summed E-state index contributed by atoms with van der Waals surface area (Å²) >= 11 is 0. The van der Waals surface area contributed by atoms with E-state index in [0.717, 1.165) is 32.2 Å². The van der Waals surface area contributed by atoms with Gasteiger partial charge in [0.05, 0.1) is 6.61 Å². The Labute approximate surface area is 120 Å². The van der Waals surface area contributed by atoms with Crippen LogP contribution < -0.4 is 15.4 Å². The predicted molar refractivity (Wildman–Crippen MR) is 79.2 cm³/mol. The summed E-state index contributed by atoms with van der Waals surface area (Å²) in [6.45, 7) is 6.42. The first kappa shape index (κ1) is 16.4. The molecule has 0 unspecified atom stereocenters. The van der Waals surface area contributed by atoms with E-state index in [-0.39, 0.29) is 6.61 Å². The van der Waals surface area contributed by atoms with Crippen molar-refractivity contribution in [2.24, 2.45) is 0 Å². The normalized spacial score (nSPS) is 10.3. The summed E-state index contributed by atoms with van der Waals surface area (Å²) in [5.74, 6) is 1.03. The molecule has 3 N–H and O–H groups in total. The van der Waals surface area contributed by atoms with Crippen LogP contribution in [-0.4, -0.2) is 46.4 Å². The van der Waals surface area contributed by atoms with Crippen LogP contribution >= 0.6 is 0 Å². The number of anilines is 2. The van der Waals surface area contributed by atoms with Crippen molar-refractivity contribution in [3.63, 3.8) is 0 Å². The molecule has 0 bridgehead atoms. The average Bonchev–Trinajstić information content (AvgIpc) is 2.47. The molecule has 0 fully saturated rings. The van der Waals surface area contributed by atoms with Crippen molar-refractivity contribution in [1.82, 2.24) is 15.0 Å². The molecule has 0 spiro atoms. The fraction of sp³-hybridized carbons (Fsp3) is 0.769. The fourth-order valence-corrected chi connectivity index (χ4v) is 1.45. The highest BCUT2D eigenvalue weighted by molar-refractivity contribution is 5.35. The van der Waals surface area contributed by atoms with Crippen molar-refractivity contribution in [3.8, 4) is 6.01 Å². The van der Waals surface area contributed by atoms with Gasteiger partial charge in [0.1, 0.15) is 0 Å². The van der Waals surface area contributed by atoms with Gasteiger partial charge in [-0.3, -0.25) is 0 Å². The molecule has 1 aromatic heterocycles. The van der Waals surface area contributed by atoms with Crippen LogP contribution in [0.25, 0.3) is 0 Å². The zero-order chi connectivity index (χ0) is 14.6. The molecular formula is C13H25N5O2. The monoisotopic (exact) mass is 283 g/mol. The molecule has 20 heavy (non-hydrogen) atoms. The largest absolute Gasteiger partial charge is 0.463 e. The number of ether oxygens (including phenoxy) is 1. The Morgan fingerprint density at radius 1 is 0.950 bits per heavy atom. The molecule has 1 rings (SSSR count). The number of hydrogen-bond acceptors (Lipinski definition) is 7. The SMILES string of the molecule is CCCNc1nc(NCCCCO)nc(OCCC)n1. The standard InChI is InChI=1S/C13H25N5O2/c1-3-7-14-11-16-12(15-8-5-6-9-19)18-13(17-11)20-10-4-2/h19H,3-10H2,1-2H3,(H2,14,15,16,17,18). The maximum absolute atomic E-state index is 8.75. The molecular weight excluding hydrogens is 258 g/mol. The van der Waals surface area contributed by atoms with E-state index in [0.29, 0.717) is 31.1 Å². The maximum Gasteiger partial charge on any atom is 0.323 e. The minimum Gasteiger partial charge on any atom is -0.463 e. The van der Waals surface area contributed by atoms with Crippen LogP contribution in [0.15, 0.2) is 0 Å². The number of hydrogen-bond donors (Lipinski definition) is 3. The van der Waals surface area contributed by atoms with Crippen LogP contribution in [0.1, 0.15) is 39.5 Å². The molecule has 1 heterocycles. The van der Waals surface area contributed by atoms with E-state index in [4.69, 9.17) is 9.84 Å². The summed E-state index contributed by atoms with van der Waals surface area (Å²) in [6, 6.07) is 0.338. The smallest absolute Gasteiger partial charge is 0.323 e. The summed E-state index contributed by atoms with van der Waals surface area (Å²) < 4.78 is 5.46. The first-order valence-electron chi connectivity index (χ1n) is 7.27. The van der Waals surface area contributed by atoms with Gasteiger partial charge in [0, 0.05) is 19.7 Å². The molecule has 0 radical (unpaired) electrons. The van der Waals surface area contributed by atoms with Crippen molar-refractivity contribution in [1.29, 1.82) is 0 Å². The molecule has 0 aromatic carbocycles. The lowest BCUT2D eigenvalue weighted by Crippen LogP contribution is -2.12. The molecule has 1 aromatic rings. The predicted octanol–water partition coefficient (Wildman–Crippen LogP) is 1.67. The van der Waals surface area contributed by atoms with Gasteiger partial charge < -0.3 is 20.5 Å². The van der Waals surface area contributed by atoms with Gasteiger partial charge in [0.2, 0.25) is 11.9 Å². The van der Waals surface area contributed by atoms with Crippen LogP contribution in [-0.2, 0) is 0 Å². The topological polar surface area (TPSA) is 92.2 Å². The van der Waals surface area contributed by atoms with Crippen LogP contribution in [0, 0.1) is 0 Å². The summed E-state index contributed by atoms with van der Waals surface area (Å²) in [7, 11) is 0. The van der Waals surface area contributed by atoms with Crippen molar-refractivity contribution < 1.29 is 9.84 Å². The number of rotatable bonds is 11. The van der Waals surface area contributed by atoms with E-state index in [1.807, 2.05) is 6.92 Å². The van der Waals surface area contributed by atoms with Gasteiger partial charge >= 0.3 is 6.01 Å². The van der Waals surface area contributed by atoms with E-state index in [1.54, 1.807) is 0 Å². The Bertz CT molecular complexity index is 350. The maximum atomic E-state index is 8.75. The minimum atomic E-state index is 0.201. The van der Waals surface area contributed by atoms with Gasteiger partial charge in [-0.05, 0) is 25.7 Å². The molecule has 7 heteroatoms. The number of aromatic nitrogens is 3. The van der Waals surface area contributed by atoms with E-state index in [2.05, 4.69) is 32.5 Å². The van der Waals surface area contributed by atoms with E-state index in [9.17, 15) is 0 Å². The first-order chi connectivity index (χ1) is 9.80. The highest BCUT2D eigenvalue weighted by Gasteiger charge is 2.06. The zero-order valence-corrected chi connectivity index (χ0v) is 12.4. The molecule has 0 aliphatic heterocycles. The lowest BCUT2D eigenvalue weighted by molar-refractivity contribution is 0.286. The third-order valence-electron chi connectivity index (χ3n) is 2.45. The second-order valence-corrected chi connectivity index (χ2v) is 4.40. The van der Waals surface area contributed by atoms with Crippen LogP contribution in [0.4, 0.5) is 11.9 Å². The van der Waals surface area contributed by atoms with Crippen molar-refractivity contribution >= 4 is 11.9 Å². The second kappa shape index (κ2) is 10.2. The second-order valence-electron chi connectivity index (χ2n) is 4.40. The molecule has 0 aliphatic carbocycles. The highest BCUT2D eigenvalue weighted by atomic mass is 16.5. The summed E-state index contributed by atoms with van der Waals surface area (Å²) in [5, 5.41) is 15.0. The van der Waals surface area contributed by atoms with Gasteiger partial charge in [-0.1, -0.05) is 13.8 Å². The van der Waals surface area contributed by atoms with Gasteiger partial charge in [-0.15, -0.1) is 0 Å². The molecule has 0 saturated carbocycles. The minimum absolute atomic E-state index is 0.201. The number of aliphatic hydroxyl groups is 1. The van der Waals surface area contributed by atoms with Gasteiger partial charge in [0.25, 0.3) is 0 Å². The molecule has 0 aliphatic rings. The molecule has 0 atom stereocenters. The van der Waals surface area contributed by atoms with Crippen LogP contribution in [0.3, 0.4) is 0 Å². The van der Waals surface area contributed by atoms with E-state index in [1.165, 1.54) is 0 Å². The van der Waals surface area contributed by atoms with Crippen molar-refractivity contribution in [2.75, 3.05) is 36.9 Å². The Hall–Kier alpha value is -1.63. The Balaban J connectivity index is 2.64. The fourth-order valence-electron chi connectivity index (χ4n) is 1.45. The summed E-state index contributed by atoms with van der Waals surface area (Å²) in [5.41, 5.74) is 0. The third-order valence-corrected chi connectivity index (χ3v) is 2.45. The van der Waals surface area contributed by atoms with Crippen LogP contribution in [0.2, 0.25) is 0 Å². The lowest BCUT2D eigenvalue weighted by atomic mass is 10.3. The average molecular weight is 283 g/mol. The summed E-state index contributed by atoms with van der Waals surface area (Å²) in [6.07, 6.45) is 3.53.